The molecular weight excluding hydrogens is 442 g/mol. The highest BCUT2D eigenvalue weighted by Crippen LogP contribution is 2.44. The molecule has 0 saturated carbocycles. The Balaban J connectivity index is 1.69. The molecule has 0 spiro atoms. The molecule has 28 heavy (non-hydrogen) atoms. The highest BCUT2D eigenvalue weighted by atomic mass is 32.2. The van der Waals surface area contributed by atoms with Crippen LogP contribution in [0.4, 0.5) is 20.2 Å². The summed E-state index contributed by atoms with van der Waals surface area (Å²) in [6, 6.07) is 10.6. The van der Waals surface area contributed by atoms with Gasteiger partial charge in [0.1, 0.15) is 11.6 Å². The van der Waals surface area contributed by atoms with Crippen LogP contribution in [-0.4, -0.2) is 20.5 Å². The third-order valence-electron chi connectivity index (χ3n) is 3.91. The van der Waals surface area contributed by atoms with Gasteiger partial charge in [-0.15, -0.1) is 0 Å². The number of hydrogen-bond acceptors (Lipinski definition) is 6. The van der Waals surface area contributed by atoms with Crippen molar-refractivity contribution in [3.05, 3.63) is 70.0 Å². The molecule has 2 aromatic carbocycles. The van der Waals surface area contributed by atoms with E-state index in [9.17, 15) is 18.4 Å². The van der Waals surface area contributed by atoms with Crippen molar-refractivity contribution >= 4 is 79.8 Å². The highest BCUT2D eigenvalue weighted by Gasteiger charge is 2.43. The van der Waals surface area contributed by atoms with Gasteiger partial charge in [0.15, 0.2) is 8.64 Å². The summed E-state index contributed by atoms with van der Waals surface area (Å²) >= 11 is 12.5. The number of thiocarbonyl (C=S) groups is 2. The van der Waals surface area contributed by atoms with Crippen LogP contribution >= 0.6 is 48.0 Å². The summed E-state index contributed by atoms with van der Waals surface area (Å²) < 4.78 is 26.8. The molecule has 2 fully saturated rings. The van der Waals surface area contributed by atoms with Crippen LogP contribution in [0.2, 0.25) is 0 Å². The third-order valence-corrected chi connectivity index (χ3v) is 6.79. The summed E-state index contributed by atoms with van der Waals surface area (Å²) in [4.78, 5) is 28.7. The van der Waals surface area contributed by atoms with Crippen molar-refractivity contribution < 1.29 is 18.4 Å². The molecule has 0 unspecified atom stereocenters. The van der Waals surface area contributed by atoms with Gasteiger partial charge in [-0.05, 0) is 48.5 Å². The van der Waals surface area contributed by atoms with E-state index in [-0.39, 0.29) is 18.5 Å². The van der Waals surface area contributed by atoms with E-state index in [1.165, 1.54) is 58.3 Å². The van der Waals surface area contributed by atoms with Crippen LogP contribution in [0.3, 0.4) is 0 Å². The van der Waals surface area contributed by atoms with E-state index >= 15 is 0 Å². The number of carbonyl (C=O) groups excluding carboxylic acids is 2. The lowest BCUT2D eigenvalue weighted by Crippen LogP contribution is -2.29. The topological polar surface area (TPSA) is 40.6 Å². The molecule has 4 rings (SSSR count). The van der Waals surface area contributed by atoms with E-state index in [0.29, 0.717) is 11.4 Å². The normalized spacial score (nSPS) is 19.9. The Kier molecular flexibility index (Phi) is 5.04. The molecule has 2 heterocycles. The van der Waals surface area contributed by atoms with E-state index in [1.807, 2.05) is 0 Å². The van der Waals surface area contributed by atoms with Gasteiger partial charge in [0, 0.05) is 0 Å². The van der Waals surface area contributed by atoms with Gasteiger partial charge in [0.05, 0.1) is 21.2 Å². The van der Waals surface area contributed by atoms with Gasteiger partial charge >= 0.3 is 0 Å². The highest BCUT2D eigenvalue weighted by molar-refractivity contribution is 8.30. The predicted molar refractivity (Wildman–Crippen MR) is 115 cm³/mol. The van der Waals surface area contributed by atoms with Crippen molar-refractivity contribution in [3.8, 4) is 0 Å². The van der Waals surface area contributed by atoms with Crippen LogP contribution in [0.1, 0.15) is 0 Å². The molecule has 2 amide bonds. The molecule has 2 aliphatic heterocycles. The summed E-state index contributed by atoms with van der Waals surface area (Å²) in [6.45, 7) is 0. The van der Waals surface area contributed by atoms with Gasteiger partial charge in [0.2, 0.25) is 0 Å². The van der Waals surface area contributed by atoms with Gasteiger partial charge < -0.3 is 0 Å². The van der Waals surface area contributed by atoms with Gasteiger partial charge in [-0.3, -0.25) is 19.4 Å². The number of rotatable bonds is 2. The average Bonchev–Trinajstić information content (AvgIpc) is 3.12. The molecule has 0 N–H and O–H groups in total. The van der Waals surface area contributed by atoms with Gasteiger partial charge in [-0.1, -0.05) is 48.0 Å². The van der Waals surface area contributed by atoms with Crippen molar-refractivity contribution in [2.75, 3.05) is 9.80 Å². The van der Waals surface area contributed by atoms with E-state index in [4.69, 9.17) is 24.4 Å². The Morgan fingerprint density at radius 1 is 0.643 bits per heavy atom. The second kappa shape index (κ2) is 7.36. The Morgan fingerprint density at radius 3 is 1.29 bits per heavy atom. The number of amides is 2. The molecule has 0 aromatic heterocycles. The molecule has 0 radical (unpaired) electrons. The molecule has 140 valence electrons. The fraction of sp³-hybridized carbons (Fsp3) is 0. The van der Waals surface area contributed by atoms with Gasteiger partial charge in [-0.2, -0.15) is 0 Å². The maximum Gasteiger partial charge on any atom is 0.272 e. The van der Waals surface area contributed by atoms with E-state index < -0.39 is 23.4 Å². The molecule has 0 atom stereocenters. The van der Waals surface area contributed by atoms with Crippen LogP contribution in [0.5, 0.6) is 0 Å². The maximum atomic E-state index is 13.2. The number of halogens is 2. The standard InChI is InChI=1S/C18H8F2N2O2S4/c19-9-1-5-11(6-2-9)21-15(23)13(27-17(21)25)14-16(24)22(18(26)28-14)12-7-3-10(20)4-8-12/h1-8H. The fourth-order valence-corrected chi connectivity index (χ4v) is 5.39. The summed E-state index contributed by atoms with van der Waals surface area (Å²) in [6.07, 6.45) is 0. The van der Waals surface area contributed by atoms with E-state index in [1.54, 1.807) is 0 Å². The minimum absolute atomic E-state index is 0.163. The molecule has 2 aliphatic rings. The van der Waals surface area contributed by atoms with E-state index in [2.05, 4.69) is 0 Å². The summed E-state index contributed by atoms with van der Waals surface area (Å²) in [5.74, 6) is -1.81. The Bertz CT molecular complexity index is 982. The lowest BCUT2D eigenvalue weighted by atomic mass is 10.2. The van der Waals surface area contributed by atoms with Gasteiger partial charge in [0.25, 0.3) is 11.8 Å². The first-order valence-electron chi connectivity index (χ1n) is 7.75. The number of hydrogen-bond donors (Lipinski definition) is 0. The zero-order valence-corrected chi connectivity index (χ0v) is 17.0. The van der Waals surface area contributed by atoms with Crippen LogP contribution in [-0.2, 0) is 9.59 Å². The van der Waals surface area contributed by atoms with Crippen LogP contribution < -0.4 is 9.80 Å². The minimum atomic E-state index is -0.471. The summed E-state index contributed by atoms with van der Waals surface area (Å²) in [5, 5.41) is 0. The zero-order valence-electron chi connectivity index (χ0n) is 13.7. The van der Waals surface area contributed by atoms with E-state index in [0.717, 1.165) is 23.5 Å². The predicted octanol–water partition coefficient (Wildman–Crippen LogP) is 4.61. The van der Waals surface area contributed by atoms with Crippen molar-refractivity contribution in [1.29, 1.82) is 0 Å². The number of nitrogens with zero attached hydrogens (tertiary/aromatic N) is 2. The van der Waals surface area contributed by atoms with Crippen LogP contribution in [0.25, 0.3) is 0 Å². The molecular formula is C18H8F2N2O2S4. The van der Waals surface area contributed by atoms with Gasteiger partial charge in [-0.25, -0.2) is 8.78 Å². The second-order valence-corrected chi connectivity index (χ2v) is 8.92. The number of anilines is 2. The molecule has 0 aliphatic carbocycles. The molecule has 0 bridgehead atoms. The number of thioether (sulfide) groups is 2. The summed E-state index contributed by atoms with van der Waals surface area (Å²) in [7, 11) is 0. The maximum absolute atomic E-state index is 13.2. The average molecular weight is 451 g/mol. The largest absolute Gasteiger partial charge is 0.272 e. The van der Waals surface area contributed by atoms with Crippen molar-refractivity contribution in [2.24, 2.45) is 0 Å². The number of carbonyl (C=O) groups is 2. The van der Waals surface area contributed by atoms with Crippen LogP contribution in [0.15, 0.2) is 58.3 Å². The monoisotopic (exact) mass is 450 g/mol. The Morgan fingerprint density at radius 2 is 0.964 bits per heavy atom. The SMILES string of the molecule is O=C1C(=C2SC(=S)N(c3ccc(F)cc3)C2=O)SC(=S)N1c1ccc(F)cc1. The van der Waals surface area contributed by atoms with Crippen molar-refractivity contribution in [3.63, 3.8) is 0 Å². The Hall–Kier alpha value is -2.14. The fourth-order valence-electron chi connectivity index (χ4n) is 2.63. The number of benzene rings is 2. The first-order chi connectivity index (χ1) is 13.4. The molecule has 4 nitrogen and oxygen atoms in total. The van der Waals surface area contributed by atoms with Crippen LogP contribution in [0, 0.1) is 11.6 Å². The van der Waals surface area contributed by atoms with Crippen molar-refractivity contribution in [1.82, 2.24) is 0 Å². The quantitative estimate of drug-likeness (QED) is 0.492. The zero-order chi connectivity index (χ0) is 20.0. The first kappa shape index (κ1) is 19.2. The molecule has 2 aromatic rings. The summed E-state index contributed by atoms with van der Waals surface area (Å²) in [5.41, 5.74) is 0.820. The molecule has 10 heteroatoms. The Labute approximate surface area is 177 Å². The first-order valence-corrected chi connectivity index (χ1v) is 10.2. The smallest absolute Gasteiger partial charge is 0.268 e. The van der Waals surface area contributed by atoms with Crippen molar-refractivity contribution in [2.45, 2.75) is 0 Å². The third kappa shape index (κ3) is 3.26. The second-order valence-electron chi connectivity index (χ2n) is 5.63. The lowest BCUT2D eigenvalue weighted by Gasteiger charge is -2.14. The molecule has 2 saturated heterocycles. The minimum Gasteiger partial charge on any atom is -0.268 e. The lowest BCUT2D eigenvalue weighted by molar-refractivity contribution is -0.115.